The van der Waals surface area contributed by atoms with Crippen molar-refractivity contribution in [2.45, 2.75) is 38.1 Å². The number of aliphatic hydroxyl groups excluding tert-OH is 1. The summed E-state index contributed by atoms with van der Waals surface area (Å²) >= 11 is 3.59. The molecule has 3 aromatic rings. The monoisotopic (exact) mass is 611 g/mol. The molecule has 1 aliphatic rings. The summed E-state index contributed by atoms with van der Waals surface area (Å²) in [6.45, 7) is 7.28. The van der Waals surface area contributed by atoms with Crippen LogP contribution in [0.3, 0.4) is 0 Å². The molecule has 0 radical (unpaired) electrons. The maximum Gasteiger partial charge on any atom is 0.331 e. The minimum absolute atomic E-state index is 0.109. The Kier molecular flexibility index (Phi) is 8.82. The van der Waals surface area contributed by atoms with Gasteiger partial charge >= 0.3 is 5.69 Å². The van der Waals surface area contributed by atoms with Crippen molar-refractivity contribution in [2.75, 3.05) is 45.9 Å². The number of aryl methyl sites for hydroxylation is 1. The van der Waals surface area contributed by atoms with Gasteiger partial charge in [-0.05, 0) is 53.9 Å². The fraction of sp³-hybridized carbons (Fsp3) is 0.520. The van der Waals surface area contributed by atoms with Crippen molar-refractivity contribution in [2.24, 2.45) is 7.05 Å². The molecule has 38 heavy (non-hydrogen) atoms. The van der Waals surface area contributed by atoms with E-state index in [0.29, 0.717) is 79.2 Å². The number of nitrogens with one attached hydrogen (secondary N) is 1. The van der Waals surface area contributed by atoms with Crippen LogP contribution in [0.2, 0.25) is 0 Å². The summed E-state index contributed by atoms with van der Waals surface area (Å²) in [6, 6.07) is 4.71. The molecular weight excluding hydrogens is 578 g/mol. The van der Waals surface area contributed by atoms with E-state index in [0.717, 1.165) is 11.1 Å². The second-order valence-corrected chi connectivity index (χ2v) is 12.0. The van der Waals surface area contributed by atoms with Gasteiger partial charge in [0.1, 0.15) is 11.3 Å². The average molecular weight is 613 g/mol. The van der Waals surface area contributed by atoms with Gasteiger partial charge in [-0.3, -0.25) is 13.9 Å². The Bertz CT molecular complexity index is 1540. The number of rotatable bonds is 10. The number of hydrogen-bond donors (Lipinski definition) is 2. The number of ether oxygens (including phenoxy) is 1. The summed E-state index contributed by atoms with van der Waals surface area (Å²) < 4.78 is 37.6. The van der Waals surface area contributed by atoms with E-state index in [1.807, 2.05) is 13.8 Å². The highest BCUT2D eigenvalue weighted by molar-refractivity contribution is 9.10. The van der Waals surface area contributed by atoms with E-state index in [1.165, 1.54) is 22.0 Å². The smallest absolute Gasteiger partial charge is 0.331 e. The first kappa shape index (κ1) is 28.6. The number of fused-ring (bicyclic) bond motifs is 1. The van der Waals surface area contributed by atoms with Crippen LogP contribution in [0.5, 0.6) is 5.75 Å². The zero-order chi connectivity index (χ0) is 27.6. The summed E-state index contributed by atoms with van der Waals surface area (Å²) in [5, 5.41) is 9.07. The van der Waals surface area contributed by atoms with Gasteiger partial charge < -0.3 is 19.7 Å². The topological polar surface area (TPSA) is 130 Å². The van der Waals surface area contributed by atoms with Gasteiger partial charge in [0.05, 0.1) is 27.2 Å². The van der Waals surface area contributed by atoms with Gasteiger partial charge in [-0.25, -0.2) is 13.2 Å². The number of piperazine rings is 1. The average Bonchev–Trinajstić information content (AvgIpc) is 3.26. The number of benzene rings is 1. The highest BCUT2D eigenvalue weighted by atomic mass is 79.9. The second kappa shape index (κ2) is 11.7. The number of H-pyrrole nitrogens is 1. The maximum absolute atomic E-state index is 13.6. The molecule has 2 aromatic heterocycles. The number of aromatic nitrogens is 3. The molecule has 208 valence electrons. The number of aromatic amines is 1. The first-order chi connectivity index (χ1) is 18.1. The van der Waals surface area contributed by atoms with Gasteiger partial charge in [-0.1, -0.05) is 6.92 Å². The summed E-state index contributed by atoms with van der Waals surface area (Å²) in [5.41, 5.74) is 0.721. The van der Waals surface area contributed by atoms with E-state index in [-0.39, 0.29) is 17.0 Å². The van der Waals surface area contributed by atoms with Crippen LogP contribution in [0.25, 0.3) is 22.3 Å². The molecule has 13 heteroatoms. The molecule has 0 spiro atoms. The Morgan fingerprint density at radius 2 is 1.82 bits per heavy atom. The second-order valence-electron chi connectivity index (χ2n) is 9.25. The van der Waals surface area contributed by atoms with Gasteiger partial charge in [0.15, 0.2) is 0 Å². The summed E-state index contributed by atoms with van der Waals surface area (Å²) in [5.74, 6) is 0.453. The van der Waals surface area contributed by atoms with Crippen LogP contribution >= 0.6 is 15.9 Å². The lowest BCUT2D eigenvalue weighted by atomic mass is 10.1. The van der Waals surface area contributed by atoms with E-state index in [9.17, 15) is 18.0 Å². The minimum Gasteiger partial charge on any atom is -0.493 e. The van der Waals surface area contributed by atoms with Crippen LogP contribution in [-0.4, -0.2) is 82.8 Å². The van der Waals surface area contributed by atoms with Crippen LogP contribution in [0.1, 0.15) is 26.7 Å². The quantitative estimate of drug-likeness (QED) is 0.358. The third kappa shape index (κ3) is 5.22. The van der Waals surface area contributed by atoms with Crippen molar-refractivity contribution >= 4 is 37.0 Å². The first-order valence-electron chi connectivity index (χ1n) is 12.8. The predicted octanol–water partition coefficient (Wildman–Crippen LogP) is 1.96. The van der Waals surface area contributed by atoms with Crippen molar-refractivity contribution in [3.05, 3.63) is 43.5 Å². The highest BCUT2D eigenvalue weighted by Crippen LogP contribution is 2.39. The third-order valence-electron chi connectivity index (χ3n) is 6.79. The molecule has 1 aliphatic heterocycles. The van der Waals surface area contributed by atoms with Crippen LogP contribution in [0.15, 0.2) is 37.2 Å². The van der Waals surface area contributed by atoms with E-state index in [1.54, 1.807) is 12.1 Å². The number of hydrogen-bond acceptors (Lipinski definition) is 7. The number of halogens is 1. The fourth-order valence-corrected chi connectivity index (χ4v) is 6.98. The summed E-state index contributed by atoms with van der Waals surface area (Å²) in [6.07, 6.45) is 1.34. The maximum atomic E-state index is 13.6. The van der Waals surface area contributed by atoms with E-state index < -0.39 is 21.3 Å². The Labute approximate surface area is 229 Å². The van der Waals surface area contributed by atoms with Crippen LogP contribution < -0.4 is 16.0 Å². The molecule has 0 atom stereocenters. The van der Waals surface area contributed by atoms with Gasteiger partial charge in [-0.15, -0.1) is 0 Å². The largest absolute Gasteiger partial charge is 0.493 e. The zero-order valence-corrected chi connectivity index (χ0v) is 24.3. The molecule has 0 bridgehead atoms. The van der Waals surface area contributed by atoms with Gasteiger partial charge in [-0.2, -0.15) is 4.31 Å². The predicted molar refractivity (Wildman–Crippen MR) is 149 cm³/mol. The summed E-state index contributed by atoms with van der Waals surface area (Å²) in [4.78, 5) is 31.3. The zero-order valence-electron chi connectivity index (χ0n) is 21.9. The highest BCUT2D eigenvalue weighted by Gasteiger charge is 2.30. The SMILES string of the molecule is CCCn1c(=O)n(C)c(=O)c2[nH]c(-c3cc(S(=O)(=O)N4CCN(CCCO)CC4)ccc3OCC)c(Br)c21. The van der Waals surface area contributed by atoms with E-state index in [2.05, 4.69) is 25.8 Å². The van der Waals surface area contributed by atoms with Gasteiger partial charge in [0.2, 0.25) is 10.0 Å². The normalized spacial score (nSPS) is 15.4. The molecule has 0 amide bonds. The van der Waals surface area contributed by atoms with Gasteiger partial charge in [0, 0.05) is 58.5 Å². The lowest BCUT2D eigenvalue weighted by Gasteiger charge is -2.34. The van der Waals surface area contributed by atoms with Crippen molar-refractivity contribution in [1.29, 1.82) is 0 Å². The van der Waals surface area contributed by atoms with Crippen molar-refractivity contribution in [3.8, 4) is 17.0 Å². The van der Waals surface area contributed by atoms with Gasteiger partial charge in [0.25, 0.3) is 5.56 Å². The molecule has 4 rings (SSSR count). The molecule has 1 saturated heterocycles. The lowest BCUT2D eigenvalue weighted by Crippen LogP contribution is -2.48. The molecule has 1 fully saturated rings. The number of aliphatic hydroxyl groups is 1. The van der Waals surface area contributed by atoms with Crippen LogP contribution in [-0.2, 0) is 23.6 Å². The molecular formula is C25H34BrN5O6S. The van der Waals surface area contributed by atoms with Crippen molar-refractivity contribution < 1.29 is 18.3 Å². The van der Waals surface area contributed by atoms with Crippen LogP contribution in [0, 0.1) is 0 Å². The molecule has 3 heterocycles. The van der Waals surface area contributed by atoms with Crippen molar-refractivity contribution in [1.82, 2.24) is 23.3 Å². The van der Waals surface area contributed by atoms with Crippen LogP contribution in [0.4, 0.5) is 0 Å². The summed E-state index contributed by atoms with van der Waals surface area (Å²) in [7, 11) is -2.36. The Balaban J connectivity index is 1.81. The number of sulfonamides is 1. The fourth-order valence-electron chi connectivity index (χ4n) is 4.81. The molecule has 0 aliphatic carbocycles. The Morgan fingerprint density at radius 1 is 1.11 bits per heavy atom. The first-order valence-corrected chi connectivity index (χ1v) is 15.0. The van der Waals surface area contributed by atoms with E-state index in [4.69, 9.17) is 9.84 Å². The standard InChI is InChI=1S/C25H34BrN5O6S/c1-4-9-31-23-20(26)21(27-22(23)24(33)28(3)25(31)34)18-16-17(7-8-19(18)37-5-2)38(35,36)30-13-11-29(12-14-30)10-6-15-32/h7-8,16,27,32H,4-6,9-15H2,1-3H3. The molecule has 1 aromatic carbocycles. The molecule has 2 N–H and O–H groups in total. The molecule has 0 saturated carbocycles. The molecule has 0 unspecified atom stereocenters. The molecule has 11 nitrogen and oxygen atoms in total. The van der Waals surface area contributed by atoms with Crippen molar-refractivity contribution in [3.63, 3.8) is 0 Å². The Hall–Kier alpha value is -2.45. The third-order valence-corrected chi connectivity index (χ3v) is 9.46. The Morgan fingerprint density at radius 3 is 2.45 bits per heavy atom. The van der Waals surface area contributed by atoms with E-state index >= 15 is 0 Å². The minimum atomic E-state index is -3.80. The number of nitrogens with zero attached hydrogens (tertiary/aromatic N) is 4. The lowest BCUT2D eigenvalue weighted by molar-refractivity contribution is 0.171.